The van der Waals surface area contributed by atoms with Crippen molar-refractivity contribution >= 4 is 29.2 Å². The summed E-state index contributed by atoms with van der Waals surface area (Å²) in [5.74, 6) is -1.41. The molecule has 2 N–H and O–H groups in total. The fraction of sp³-hybridized carbons (Fsp3) is 0.364. The third kappa shape index (κ3) is 3.11. The Morgan fingerprint density at radius 2 is 1.88 bits per heavy atom. The number of benzene rings is 1. The van der Waals surface area contributed by atoms with Gasteiger partial charge in [-0.3, -0.25) is 4.79 Å². The van der Waals surface area contributed by atoms with Gasteiger partial charge in [-0.2, -0.15) is 0 Å². The highest BCUT2D eigenvalue weighted by molar-refractivity contribution is 6.36. The van der Waals surface area contributed by atoms with Crippen LogP contribution in [0.25, 0.3) is 0 Å². The van der Waals surface area contributed by atoms with E-state index in [0.717, 1.165) is 0 Å². The van der Waals surface area contributed by atoms with Gasteiger partial charge < -0.3 is 10.2 Å². The van der Waals surface area contributed by atoms with Crippen LogP contribution >= 0.6 is 23.2 Å². The minimum absolute atomic E-state index is 0.136. The first-order chi connectivity index (χ1) is 7.43. The summed E-state index contributed by atoms with van der Waals surface area (Å²) in [6.07, 6.45) is -1.11. The van der Waals surface area contributed by atoms with Crippen molar-refractivity contribution in [2.75, 3.05) is 0 Å². The van der Waals surface area contributed by atoms with Crippen molar-refractivity contribution < 1.29 is 15.0 Å². The summed E-state index contributed by atoms with van der Waals surface area (Å²) in [6.45, 7) is 1.64. The van der Waals surface area contributed by atoms with Crippen LogP contribution in [-0.4, -0.2) is 16.2 Å². The topological polar surface area (TPSA) is 57.5 Å². The number of hydrogen-bond acceptors (Lipinski definition) is 2. The minimum atomic E-state index is -0.975. The first kappa shape index (κ1) is 13.3. The maximum atomic E-state index is 10.5. The van der Waals surface area contributed by atoms with Crippen LogP contribution in [0, 0.1) is 5.92 Å². The molecule has 0 saturated carbocycles. The van der Waals surface area contributed by atoms with Gasteiger partial charge in [-0.1, -0.05) is 36.2 Å². The summed E-state index contributed by atoms with van der Waals surface area (Å²) in [4.78, 5) is 10.5. The SMILES string of the molecule is CC(CC(=O)O)C(O)c1c(Cl)cccc1Cl. The van der Waals surface area contributed by atoms with Gasteiger partial charge in [-0.15, -0.1) is 0 Å². The largest absolute Gasteiger partial charge is 0.481 e. The van der Waals surface area contributed by atoms with Crippen LogP contribution in [0.2, 0.25) is 10.0 Å². The van der Waals surface area contributed by atoms with E-state index in [2.05, 4.69) is 0 Å². The Hall–Kier alpha value is -0.770. The van der Waals surface area contributed by atoms with Gasteiger partial charge in [0.15, 0.2) is 0 Å². The Morgan fingerprint density at radius 1 is 1.38 bits per heavy atom. The summed E-state index contributed by atoms with van der Waals surface area (Å²) in [6, 6.07) is 4.89. The first-order valence-electron chi connectivity index (χ1n) is 4.77. The van der Waals surface area contributed by atoms with Gasteiger partial charge in [0, 0.05) is 15.6 Å². The number of carboxylic acid groups (broad SMARTS) is 1. The van der Waals surface area contributed by atoms with Crippen LogP contribution in [0.15, 0.2) is 18.2 Å². The van der Waals surface area contributed by atoms with E-state index in [1.165, 1.54) is 0 Å². The van der Waals surface area contributed by atoms with E-state index in [-0.39, 0.29) is 6.42 Å². The predicted octanol–water partition coefficient (Wildman–Crippen LogP) is 3.14. The average molecular weight is 263 g/mol. The van der Waals surface area contributed by atoms with Gasteiger partial charge in [-0.05, 0) is 18.1 Å². The fourth-order valence-corrected chi connectivity index (χ4v) is 2.09. The van der Waals surface area contributed by atoms with Gasteiger partial charge in [0.2, 0.25) is 0 Å². The van der Waals surface area contributed by atoms with Crippen LogP contribution in [-0.2, 0) is 4.79 Å². The maximum absolute atomic E-state index is 10.5. The van der Waals surface area contributed by atoms with Crippen LogP contribution < -0.4 is 0 Å². The lowest BCUT2D eigenvalue weighted by atomic mass is 9.94. The molecule has 0 amide bonds. The molecular weight excluding hydrogens is 251 g/mol. The Labute approximate surface area is 104 Å². The molecule has 0 heterocycles. The second-order valence-electron chi connectivity index (χ2n) is 3.66. The third-order valence-corrected chi connectivity index (χ3v) is 2.99. The molecule has 0 radical (unpaired) electrons. The van der Waals surface area contributed by atoms with E-state index in [4.69, 9.17) is 28.3 Å². The van der Waals surface area contributed by atoms with E-state index in [0.29, 0.717) is 15.6 Å². The molecule has 0 spiro atoms. The lowest BCUT2D eigenvalue weighted by Crippen LogP contribution is -2.14. The standard InChI is InChI=1S/C11H12Cl2O3/c1-6(5-9(14)15)11(16)10-7(12)3-2-4-8(10)13/h2-4,6,11,16H,5H2,1H3,(H,14,15). The van der Waals surface area contributed by atoms with Gasteiger partial charge in [0.25, 0.3) is 0 Å². The summed E-state index contributed by atoms with van der Waals surface area (Å²) in [7, 11) is 0. The zero-order valence-corrected chi connectivity index (χ0v) is 10.2. The summed E-state index contributed by atoms with van der Waals surface area (Å²) in [5.41, 5.74) is 0.389. The number of carboxylic acids is 1. The number of carbonyl (C=O) groups is 1. The third-order valence-electron chi connectivity index (χ3n) is 2.33. The highest BCUT2D eigenvalue weighted by Crippen LogP contribution is 2.35. The molecule has 0 fully saturated rings. The van der Waals surface area contributed by atoms with E-state index >= 15 is 0 Å². The molecule has 1 rings (SSSR count). The number of aliphatic carboxylic acids is 1. The molecule has 5 heteroatoms. The van der Waals surface area contributed by atoms with Crippen molar-refractivity contribution in [1.82, 2.24) is 0 Å². The maximum Gasteiger partial charge on any atom is 0.303 e. The fourth-order valence-electron chi connectivity index (χ4n) is 1.46. The second-order valence-corrected chi connectivity index (χ2v) is 4.47. The number of rotatable bonds is 4. The highest BCUT2D eigenvalue weighted by atomic mass is 35.5. The van der Waals surface area contributed by atoms with Crippen LogP contribution in [0.5, 0.6) is 0 Å². The predicted molar refractivity (Wildman–Crippen MR) is 62.8 cm³/mol. The van der Waals surface area contributed by atoms with Crippen molar-refractivity contribution in [3.8, 4) is 0 Å². The molecule has 88 valence electrons. The van der Waals surface area contributed by atoms with Crippen molar-refractivity contribution in [2.45, 2.75) is 19.4 Å². The molecule has 1 aromatic rings. The van der Waals surface area contributed by atoms with E-state index < -0.39 is 18.0 Å². The van der Waals surface area contributed by atoms with E-state index in [9.17, 15) is 9.90 Å². The molecular formula is C11H12Cl2O3. The first-order valence-corrected chi connectivity index (χ1v) is 5.53. The Kier molecular flexibility index (Phi) is 4.59. The molecule has 0 aliphatic heterocycles. The van der Waals surface area contributed by atoms with Crippen molar-refractivity contribution in [2.24, 2.45) is 5.92 Å². The van der Waals surface area contributed by atoms with E-state index in [1.54, 1.807) is 25.1 Å². The lowest BCUT2D eigenvalue weighted by Gasteiger charge is -2.19. The summed E-state index contributed by atoms with van der Waals surface area (Å²) < 4.78 is 0. The molecule has 2 unspecified atom stereocenters. The summed E-state index contributed by atoms with van der Waals surface area (Å²) in [5, 5.41) is 19.3. The van der Waals surface area contributed by atoms with Crippen molar-refractivity contribution in [3.63, 3.8) is 0 Å². The number of halogens is 2. The van der Waals surface area contributed by atoms with Crippen LogP contribution in [0.1, 0.15) is 25.0 Å². The molecule has 3 nitrogen and oxygen atoms in total. The molecule has 1 aromatic carbocycles. The minimum Gasteiger partial charge on any atom is -0.481 e. The molecule has 16 heavy (non-hydrogen) atoms. The van der Waals surface area contributed by atoms with Gasteiger partial charge in [0.1, 0.15) is 0 Å². The smallest absolute Gasteiger partial charge is 0.303 e. The molecule has 0 aromatic heterocycles. The Balaban J connectivity index is 2.95. The molecule has 0 aliphatic rings. The molecule has 0 bridgehead atoms. The van der Waals surface area contributed by atoms with Crippen LogP contribution in [0.4, 0.5) is 0 Å². The van der Waals surface area contributed by atoms with Crippen molar-refractivity contribution in [3.05, 3.63) is 33.8 Å². The number of hydrogen-bond donors (Lipinski definition) is 2. The molecule has 2 atom stereocenters. The molecule has 0 saturated heterocycles. The Bertz CT molecular complexity index is 373. The lowest BCUT2D eigenvalue weighted by molar-refractivity contribution is -0.139. The van der Waals surface area contributed by atoms with Crippen LogP contribution in [0.3, 0.4) is 0 Å². The zero-order chi connectivity index (χ0) is 12.3. The average Bonchev–Trinajstić information content (AvgIpc) is 2.16. The zero-order valence-electron chi connectivity index (χ0n) is 8.65. The second kappa shape index (κ2) is 5.53. The van der Waals surface area contributed by atoms with Gasteiger partial charge >= 0.3 is 5.97 Å². The Morgan fingerprint density at radius 3 is 2.31 bits per heavy atom. The monoisotopic (exact) mass is 262 g/mol. The normalized spacial score (nSPS) is 14.5. The summed E-state index contributed by atoms with van der Waals surface area (Å²) >= 11 is 11.8. The quantitative estimate of drug-likeness (QED) is 0.877. The van der Waals surface area contributed by atoms with E-state index in [1.807, 2.05) is 0 Å². The van der Waals surface area contributed by atoms with Gasteiger partial charge in [-0.25, -0.2) is 0 Å². The van der Waals surface area contributed by atoms with Gasteiger partial charge in [0.05, 0.1) is 12.5 Å². The van der Waals surface area contributed by atoms with Crippen molar-refractivity contribution in [1.29, 1.82) is 0 Å². The number of aliphatic hydroxyl groups excluding tert-OH is 1. The number of aliphatic hydroxyl groups is 1. The molecule has 0 aliphatic carbocycles. The highest BCUT2D eigenvalue weighted by Gasteiger charge is 2.23.